The van der Waals surface area contributed by atoms with Crippen molar-refractivity contribution in [2.45, 2.75) is 40.8 Å². The molecule has 2 aromatic heterocycles. The van der Waals surface area contributed by atoms with Crippen molar-refractivity contribution >= 4 is 43.6 Å². The van der Waals surface area contributed by atoms with Crippen molar-refractivity contribution in [3.63, 3.8) is 0 Å². The van der Waals surface area contributed by atoms with Gasteiger partial charge in [0.15, 0.2) is 0 Å². The quantitative estimate of drug-likeness (QED) is 0.171. The molecular weight excluding hydrogens is 760 g/mol. The van der Waals surface area contributed by atoms with E-state index in [1.165, 1.54) is 23.3 Å². The average Bonchev–Trinajstić information content (AvgIpc) is 3.74. The van der Waals surface area contributed by atoms with Crippen molar-refractivity contribution < 1.29 is 13.2 Å². The number of aromatic nitrogens is 2. The molecule has 0 saturated carbocycles. The number of nitrogens with zero attached hydrogens (tertiary/aromatic N) is 3. The van der Waals surface area contributed by atoms with Crippen molar-refractivity contribution in [3.8, 4) is 50.8 Å². The normalized spacial score (nSPS) is 11.9. The van der Waals surface area contributed by atoms with Crippen LogP contribution in [0.3, 0.4) is 0 Å². The summed E-state index contributed by atoms with van der Waals surface area (Å²) in [5.74, 6) is 0. The van der Waals surface area contributed by atoms with Crippen LogP contribution in [-0.4, -0.2) is 9.13 Å². The third kappa shape index (κ3) is 6.28. The molecule has 61 heavy (non-hydrogen) atoms. The van der Waals surface area contributed by atoms with Crippen LogP contribution in [-0.2, 0) is 6.18 Å². The highest BCUT2D eigenvalue weighted by Crippen LogP contribution is 2.44. The minimum atomic E-state index is -4.57. The topological polar surface area (TPSA) is 33.6 Å². The molecule has 3 nitrogen and oxygen atoms in total. The Balaban J connectivity index is 1.33. The Morgan fingerprint density at radius 2 is 0.934 bits per heavy atom. The maximum atomic E-state index is 14.7. The largest absolute Gasteiger partial charge is 0.416 e. The lowest BCUT2D eigenvalue weighted by Gasteiger charge is -2.20. The Kier molecular flexibility index (Phi) is 8.78. The molecular formula is C55H40F3N3. The number of para-hydroxylation sites is 2. The van der Waals surface area contributed by atoms with E-state index in [0.29, 0.717) is 33.6 Å². The van der Waals surface area contributed by atoms with E-state index >= 15 is 0 Å². The molecule has 0 unspecified atom stereocenters. The number of halogens is 3. The molecule has 296 valence electrons. The summed E-state index contributed by atoms with van der Waals surface area (Å²) in [6, 6.07) is 52.4. The number of fused-ring (bicyclic) bond motifs is 6. The Morgan fingerprint density at radius 1 is 0.426 bits per heavy atom. The molecule has 0 N–H and O–H groups in total. The summed E-state index contributed by atoms with van der Waals surface area (Å²) in [6.45, 7) is 10.1. The molecule has 10 rings (SSSR count). The van der Waals surface area contributed by atoms with Crippen LogP contribution in [0.15, 0.2) is 152 Å². The SMILES string of the molecule is Cc1cc(-c2cc(-n3c4ccccc4c4ccc(-c5ccc(C)cc5C)cc43)c(C#N)cc2-n2c3ccccc3c3ccc(-c4ccc(C)cc4C)cc32)cc(C(F)(F)F)c1. The van der Waals surface area contributed by atoms with E-state index in [2.05, 4.69) is 128 Å². The lowest BCUT2D eigenvalue weighted by atomic mass is 9.95. The van der Waals surface area contributed by atoms with Gasteiger partial charge in [-0.2, -0.15) is 18.4 Å². The van der Waals surface area contributed by atoms with Crippen molar-refractivity contribution in [1.29, 1.82) is 5.26 Å². The zero-order valence-corrected chi connectivity index (χ0v) is 34.4. The van der Waals surface area contributed by atoms with Crippen molar-refractivity contribution in [3.05, 3.63) is 191 Å². The summed E-state index contributed by atoms with van der Waals surface area (Å²) in [5.41, 5.74) is 14.7. The smallest absolute Gasteiger partial charge is 0.309 e. The Morgan fingerprint density at radius 3 is 1.44 bits per heavy atom. The van der Waals surface area contributed by atoms with Gasteiger partial charge in [-0.1, -0.05) is 114 Å². The standard InChI is InChI=1S/C55H40F3N3/c1-32-14-18-42(35(4)22-32)37-16-20-46-44-10-6-8-12-49(44)60(52(46)27-37)51-30-48(39-24-34(3)25-41(26-39)55(56,57)58)54(29-40(51)31-59)61-50-13-9-7-11-45(50)47-21-17-38(28-53(47)61)43-19-15-33(2)23-36(43)5/h6-30H,1-5H3. The number of hydrogen-bond acceptors (Lipinski definition) is 1. The van der Waals surface area contributed by atoms with Gasteiger partial charge in [-0.25, -0.2) is 0 Å². The number of rotatable bonds is 5. The number of aryl methyl sites for hydroxylation is 5. The Bertz CT molecular complexity index is 3480. The van der Waals surface area contributed by atoms with Gasteiger partial charge in [0.05, 0.1) is 44.6 Å². The van der Waals surface area contributed by atoms with Gasteiger partial charge in [-0.05, 0) is 128 Å². The van der Waals surface area contributed by atoms with Gasteiger partial charge in [-0.3, -0.25) is 0 Å². The number of nitriles is 1. The molecule has 0 aliphatic rings. The summed E-state index contributed by atoms with van der Waals surface area (Å²) < 4.78 is 48.2. The average molecular weight is 800 g/mol. The minimum absolute atomic E-state index is 0.387. The Labute approximate surface area is 352 Å². The van der Waals surface area contributed by atoms with E-state index in [1.54, 1.807) is 6.92 Å². The highest BCUT2D eigenvalue weighted by molar-refractivity contribution is 6.12. The van der Waals surface area contributed by atoms with Crippen LogP contribution in [0.25, 0.3) is 88.4 Å². The lowest BCUT2D eigenvalue weighted by Crippen LogP contribution is -2.07. The molecule has 0 aliphatic carbocycles. The van der Waals surface area contributed by atoms with Crippen molar-refractivity contribution in [2.24, 2.45) is 0 Å². The summed E-state index contributed by atoms with van der Waals surface area (Å²) >= 11 is 0. The highest BCUT2D eigenvalue weighted by Gasteiger charge is 2.32. The van der Waals surface area contributed by atoms with Crippen LogP contribution < -0.4 is 0 Å². The van der Waals surface area contributed by atoms with Gasteiger partial charge >= 0.3 is 6.18 Å². The molecule has 0 aliphatic heterocycles. The van der Waals surface area contributed by atoms with Gasteiger partial charge in [0.1, 0.15) is 6.07 Å². The maximum absolute atomic E-state index is 14.7. The van der Waals surface area contributed by atoms with E-state index in [4.69, 9.17) is 0 Å². The molecule has 0 radical (unpaired) electrons. The second-order valence-electron chi connectivity index (χ2n) is 16.4. The fraction of sp³-hybridized carbons (Fsp3) is 0.109. The van der Waals surface area contributed by atoms with Gasteiger partial charge in [0.25, 0.3) is 0 Å². The van der Waals surface area contributed by atoms with E-state index in [-0.39, 0.29) is 0 Å². The number of hydrogen-bond donors (Lipinski definition) is 0. The van der Waals surface area contributed by atoms with E-state index < -0.39 is 11.7 Å². The van der Waals surface area contributed by atoms with Gasteiger partial charge < -0.3 is 9.13 Å². The van der Waals surface area contributed by atoms with Crippen LogP contribution in [0.5, 0.6) is 0 Å². The first-order valence-corrected chi connectivity index (χ1v) is 20.4. The second kappa shape index (κ2) is 14.1. The van der Waals surface area contributed by atoms with Gasteiger partial charge in [0, 0.05) is 27.1 Å². The molecule has 8 aromatic carbocycles. The second-order valence-corrected chi connectivity index (χ2v) is 16.4. The van der Waals surface area contributed by atoms with Gasteiger partial charge in [-0.15, -0.1) is 0 Å². The molecule has 6 heteroatoms. The van der Waals surface area contributed by atoms with Crippen LogP contribution in [0, 0.1) is 45.9 Å². The maximum Gasteiger partial charge on any atom is 0.416 e. The van der Waals surface area contributed by atoms with E-state index in [9.17, 15) is 18.4 Å². The van der Waals surface area contributed by atoms with Crippen LogP contribution in [0.4, 0.5) is 13.2 Å². The molecule has 0 bridgehead atoms. The molecule has 0 spiro atoms. The van der Waals surface area contributed by atoms with Crippen LogP contribution in [0.1, 0.15) is 38.9 Å². The van der Waals surface area contributed by atoms with Crippen LogP contribution in [0.2, 0.25) is 0 Å². The fourth-order valence-corrected chi connectivity index (χ4v) is 9.44. The number of benzene rings is 8. The summed E-state index contributed by atoms with van der Waals surface area (Å²) in [5, 5.41) is 15.2. The summed E-state index contributed by atoms with van der Waals surface area (Å²) in [6.07, 6.45) is -4.57. The Hall–Kier alpha value is -7.36. The van der Waals surface area contributed by atoms with Gasteiger partial charge in [0.2, 0.25) is 0 Å². The fourth-order valence-electron chi connectivity index (χ4n) is 9.44. The molecule has 0 amide bonds. The summed E-state index contributed by atoms with van der Waals surface area (Å²) in [4.78, 5) is 0. The minimum Gasteiger partial charge on any atom is -0.309 e. The predicted molar refractivity (Wildman–Crippen MR) is 245 cm³/mol. The zero-order valence-electron chi connectivity index (χ0n) is 34.4. The molecule has 0 atom stereocenters. The third-order valence-corrected chi connectivity index (χ3v) is 12.2. The van der Waals surface area contributed by atoms with Crippen LogP contribution >= 0.6 is 0 Å². The molecule has 2 heterocycles. The molecule has 10 aromatic rings. The highest BCUT2D eigenvalue weighted by atomic mass is 19.4. The van der Waals surface area contributed by atoms with Crippen molar-refractivity contribution in [1.82, 2.24) is 9.13 Å². The monoisotopic (exact) mass is 799 g/mol. The third-order valence-electron chi connectivity index (χ3n) is 12.2. The lowest BCUT2D eigenvalue weighted by molar-refractivity contribution is -0.137. The van der Waals surface area contributed by atoms with Crippen molar-refractivity contribution in [2.75, 3.05) is 0 Å². The van der Waals surface area contributed by atoms with E-state index in [0.717, 1.165) is 77.0 Å². The van der Waals surface area contributed by atoms with E-state index in [1.807, 2.05) is 54.6 Å². The zero-order chi connectivity index (χ0) is 42.3. The summed E-state index contributed by atoms with van der Waals surface area (Å²) in [7, 11) is 0. The predicted octanol–water partition coefficient (Wildman–Crippen LogP) is 15.3. The first-order chi connectivity index (χ1) is 29.4. The molecule has 0 saturated heterocycles. The first-order valence-electron chi connectivity index (χ1n) is 20.4. The number of alkyl halides is 3. The first kappa shape index (κ1) is 37.9. The molecule has 0 fully saturated rings.